The van der Waals surface area contributed by atoms with Crippen LogP contribution < -0.4 is 15.4 Å². The van der Waals surface area contributed by atoms with Gasteiger partial charge in [-0.25, -0.2) is 0 Å². The van der Waals surface area contributed by atoms with Gasteiger partial charge in [-0.15, -0.1) is 0 Å². The van der Waals surface area contributed by atoms with E-state index in [4.69, 9.17) is 9.26 Å². The average molecular weight is 315 g/mol. The summed E-state index contributed by atoms with van der Waals surface area (Å²) in [4.78, 5) is 24.8. The Morgan fingerprint density at radius 3 is 2.96 bits per heavy atom. The van der Waals surface area contributed by atoms with Gasteiger partial charge in [0.25, 0.3) is 17.4 Å². The van der Waals surface area contributed by atoms with Crippen molar-refractivity contribution >= 4 is 23.4 Å². The van der Waals surface area contributed by atoms with Crippen molar-refractivity contribution in [3.05, 3.63) is 36.0 Å². The van der Waals surface area contributed by atoms with Gasteiger partial charge in [0, 0.05) is 6.07 Å². The fourth-order valence-corrected chi connectivity index (χ4v) is 2.29. The van der Waals surface area contributed by atoms with Crippen molar-refractivity contribution in [3.63, 3.8) is 0 Å². The van der Waals surface area contributed by atoms with Crippen LogP contribution in [0.2, 0.25) is 0 Å². The van der Waals surface area contributed by atoms with Crippen molar-refractivity contribution in [2.24, 2.45) is 0 Å². The van der Waals surface area contributed by atoms with Crippen LogP contribution in [0.5, 0.6) is 5.75 Å². The van der Waals surface area contributed by atoms with Gasteiger partial charge < -0.3 is 14.6 Å². The Bertz CT molecular complexity index is 755. The lowest BCUT2D eigenvalue weighted by atomic mass is 10.0. The minimum atomic E-state index is -1.69. The Balaban J connectivity index is 1.79. The third kappa shape index (κ3) is 2.77. The van der Waals surface area contributed by atoms with Crippen LogP contribution in [0.3, 0.4) is 0 Å². The van der Waals surface area contributed by atoms with Gasteiger partial charge in [0.15, 0.2) is 0 Å². The zero-order valence-corrected chi connectivity index (χ0v) is 12.9. The van der Waals surface area contributed by atoms with Crippen molar-refractivity contribution in [3.8, 4) is 5.75 Å². The lowest BCUT2D eigenvalue weighted by molar-refractivity contribution is -0.143. The minimum absolute atomic E-state index is 0.190. The Morgan fingerprint density at radius 2 is 2.17 bits per heavy atom. The van der Waals surface area contributed by atoms with Crippen molar-refractivity contribution in [2.45, 2.75) is 32.3 Å². The average Bonchev–Trinajstić information content (AvgIpc) is 2.96. The number of carbonyl (C=O) groups excluding carboxylic acids is 2. The molecule has 2 aromatic rings. The largest absolute Gasteiger partial charge is 0.466 e. The van der Waals surface area contributed by atoms with Gasteiger partial charge >= 0.3 is 0 Å². The summed E-state index contributed by atoms with van der Waals surface area (Å²) in [5.74, 6) is -0.533. The molecule has 1 aliphatic rings. The number of hydrogen-bond donors (Lipinski definition) is 2. The molecule has 0 bridgehead atoms. The van der Waals surface area contributed by atoms with E-state index in [9.17, 15) is 9.59 Å². The van der Waals surface area contributed by atoms with Crippen LogP contribution in [0.15, 0.2) is 34.9 Å². The second kappa shape index (κ2) is 5.75. The molecule has 1 atom stereocenters. The number of anilines is 2. The maximum atomic E-state index is 12.5. The first-order valence-electron chi connectivity index (χ1n) is 7.39. The molecule has 0 fully saturated rings. The van der Waals surface area contributed by atoms with E-state index in [1.54, 1.807) is 30.3 Å². The van der Waals surface area contributed by atoms with Gasteiger partial charge in [-0.1, -0.05) is 30.6 Å². The van der Waals surface area contributed by atoms with E-state index in [1.165, 1.54) is 6.92 Å². The van der Waals surface area contributed by atoms with E-state index in [0.717, 1.165) is 18.5 Å². The van der Waals surface area contributed by atoms with Crippen molar-refractivity contribution in [2.75, 3.05) is 10.6 Å². The molecular weight excluding hydrogens is 298 g/mol. The summed E-state index contributed by atoms with van der Waals surface area (Å²) in [5.41, 5.74) is -0.411. The summed E-state index contributed by atoms with van der Waals surface area (Å²) in [6, 6.07) is 8.57. The Labute approximate surface area is 133 Å². The smallest absolute Gasteiger partial charge is 0.280 e. The number of aromatic nitrogens is 1. The van der Waals surface area contributed by atoms with Crippen LogP contribution in [0.25, 0.3) is 0 Å². The molecule has 0 saturated heterocycles. The molecule has 0 radical (unpaired) electrons. The molecule has 1 aromatic carbocycles. The molecule has 0 saturated carbocycles. The SMILES string of the molecule is CCCc1cc(NC(=O)C2(C)Oc3ccccc3NC2=O)on1. The van der Waals surface area contributed by atoms with E-state index in [1.807, 2.05) is 6.92 Å². The topological polar surface area (TPSA) is 93.5 Å². The number of ether oxygens (including phenoxy) is 1. The number of nitrogens with one attached hydrogen (secondary N) is 2. The number of nitrogens with zero attached hydrogens (tertiary/aromatic N) is 1. The van der Waals surface area contributed by atoms with Crippen LogP contribution in [-0.2, 0) is 16.0 Å². The molecule has 2 heterocycles. The Hall–Kier alpha value is -2.83. The highest BCUT2D eigenvalue weighted by molar-refractivity contribution is 6.18. The summed E-state index contributed by atoms with van der Waals surface area (Å²) in [5, 5.41) is 9.06. The first kappa shape index (κ1) is 15.1. The van der Waals surface area contributed by atoms with Crippen molar-refractivity contribution < 1.29 is 18.8 Å². The van der Waals surface area contributed by atoms with E-state index < -0.39 is 17.4 Å². The molecule has 7 nitrogen and oxygen atoms in total. The fraction of sp³-hybridized carbons (Fsp3) is 0.312. The summed E-state index contributed by atoms with van der Waals surface area (Å²) < 4.78 is 10.7. The van der Waals surface area contributed by atoms with Crippen LogP contribution >= 0.6 is 0 Å². The maximum Gasteiger partial charge on any atom is 0.280 e. The molecule has 7 heteroatoms. The lowest BCUT2D eigenvalue weighted by Gasteiger charge is -2.32. The monoisotopic (exact) mass is 315 g/mol. The second-order valence-electron chi connectivity index (χ2n) is 5.47. The Morgan fingerprint density at radius 1 is 1.39 bits per heavy atom. The van der Waals surface area contributed by atoms with Crippen LogP contribution in [0, 0.1) is 0 Å². The van der Waals surface area contributed by atoms with Gasteiger partial charge in [0.1, 0.15) is 5.75 Å². The standard InChI is InChI=1S/C16H17N3O4/c1-3-6-10-9-13(23-19-10)18-15(21)16(2)14(20)17-11-7-4-5-8-12(11)22-16/h4-5,7-9H,3,6H2,1-2H3,(H,17,20)(H,18,21). The third-order valence-electron chi connectivity index (χ3n) is 3.62. The zero-order valence-electron chi connectivity index (χ0n) is 12.9. The summed E-state index contributed by atoms with van der Waals surface area (Å²) >= 11 is 0. The molecule has 0 aliphatic carbocycles. The number of carbonyl (C=O) groups is 2. The molecule has 23 heavy (non-hydrogen) atoms. The van der Waals surface area contributed by atoms with E-state index in [-0.39, 0.29) is 5.88 Å². The molecule has 2 amide bonds. The third-order valence-corrected chi connectivity index (χ3v) is 3.62. The Kier molecular flexibility index (Phi) is 3.77. The van der Waals surface area contributed by atoms with Crippen molar-refractivity contribution in [1.29, 1.82) is 0 Å². The summed E-state index contributed by atoms with van der Waals surface area (Å²) in [7, 11) is 0. The normalized spacial score (nSPS) is 19.5. The number of hydrogen-bond acceptors (Lipinski definition) is 5. The second-order valence-corrected chi connectivity index (χ2v) is 5.47. The molecular formula is C16H17N3O4. The highest BCUT2D eigenvalue weighted by Crippen LogP contribution is 2.33. The zero-order chi connectivity index (χ0) is 16.4. The van der Waals surface area contributed by atoms with Gasteiger partial charge in [-0.2, -0.15) is 0 Å². The molecule has 1 aromatic heterocycles. The molecule has 0 spiro atoms. The molecule has 3 rings (SSSR count). The van der Waals surface area contributed by atoms with Gasteiger partial charge in [0.2, 0.25) is 5.88 Å². The predicted molar refractivity (Wildman–Crippen MR) is 83.2 cm³/mol. The highest BCUT2D eigenvalue weighted by Gasteiger charge is 2.47. The number of amides is 2. The maximum absolute atomic E-state index is 12.5. The predicted octanol–water partition coefficient (Wildman–Crippen LogP) is 2.36. The minimum Gasteiger partial charge on any atom is -0.466 e. The van der Waals surface area contributed by atoms with E-state index >= 15 is 0 Å². The first-order valence-corrected chi connectivity index (χ1v) is 7.39. The van der Waals surface area contributed by atoms with Crippen LogP contribution in [0.4, 0.5) is 11.6 Å². The van der Waals surface area contributed by atoms with E-state index in [0.29, 0.717) is 11.4 Å². The van der Waals surface area contributed by atoms with Gasteiger partial charge in [0.05, 0.1) is 11.4 Å². The van der Waals surface area contributed by atoms with E-state index in [2.05, 4.69) is 15.8 Å². The molecule has 2 N–H and O–H groups in total. The van der Waals surface area contributed by atoms with Gasteiger partial charge in [-0.05, 0) is 25.5 Å². The first-order chi connectivity index (χ1) is 11.0. The number of para-hydroxylation sites is 2. The quantitative estimate of drug-likeness (QED) is 0.845. The molecule has 1 aliphatic heterocycles. The number of benzene rings is 1. The van der Waals surface area contributed by atoms with Crippen molar-refractivity contribution in [1.82, 2.24) is 5.16 Å². The molecule has 120 valence electrons. The molecule has 1 unspecified atom stereocenters. The summed E-state index contributed by atoms with van der Waals surface area (Å²) in [6.45, 7) is 3.43. The fourth-order valence-electron chi connectivity index (χ4n) is 2.29. The van der Waals surface area contributed by atoms with Crippen LogP contribution in [0.1, 0.15) is 26.0 Å². The number of rotatable bonds is 4. The lowest BCUT2D eigenvalue weighted by Crippen LogP contribution is -2.56. The number of aryl methyl sites for hydroxylation is 1. The number of fused-ring (bicyclic) bond motifs is 1. The highest BCUT2D eigenvalue weighted by atomic mass is 16.5. The van der Waals surface area contributed by atoms with Crippen LogP contribution in [-0.4, -0.2) is 22.6 Å². The van der Waals surface area contributed by atoms with Gasteiger partial charge in [-0.3, -0.25) is 14.9 Å². The summed E-state index contributed by atoms with van der Waals surface area (Å²) in [6.07, 6.45) is 1.67.